The van der Waals surface area contributed by atoms with Crippen LogP contribution in [0.3, 0.4) is 0 Å². The van der Waals surface area contributed by atoms with Gasteiger partial charge in [-0.15, -0.1) is 5.10 Å². The van der Waals surface area contributed by atoms with Gasteiger partial charge in [-0.1, -0.05) is 33.8 Å². The van der Waals surface area contributed by atoms with Crippen molar-refractivity contribution in [2.75, 3.05) is 0 Å². The number of halogens is 2. The largest absolute Gasteiger partial charge is 0.443 e. The summed E-state index contributed by atoms with van der Waals surface area (Å²) in [5.74, 6) is -0.876. The average molecular weight is 516 g/mol. The summed E-state index contributed by atoms with van der Waals surface area (Å²) in [7, 11) is 0. The van der Waals surface area contributed by atoms with E-state index in [0.29, 0.717) is 11.4 Å². The second kappa shape index (κ2) is 7.50. The Kier molecular flexibility index (Phi) is 4.64. The van der Waals surface area contributed by atoms with Crippen molar-refractivity contribution in [2.45, 2.75) is 58.0 Å². The highest BCUT2D eigenvalue weighted by atomic mass is 19.1. The number of aliphatic hydroxyl groups excluding tert-OH is 1. The predicted molar refractivity (Wildman–Crippen MR) is 134 cm³/mol. The molecule has 3 heterocycles. The summed E-state index contributed by atoms with van der Waals surface area (Å²) in [6, 6.07) is 5.62. The van der Waals surface area contributed by atoms with Crippen molar-refractivity contribution in [1.82, 2.24) is 25.1 Å². The van der Waals surface area contributed by atoms with Crippen LogP contribution in [0.2, 0.25) is 0 Å². The van der Waals surface area contributed by atoms with Crippen molar-refractivity contribution in [3.05, 3.63) is 77.2 Å². The third-order valence-electron chi connectivity index (χ3n) is 9.72. The third-order valence-corrected chi connectivity index (χ3v) is 9.72. The molecule has 0 aliphatic heterocycles. The lowest BCUT2D eigenvalue weighted by Gasteiger charge is -2.75. The van der Waals surface area contributed by atoms with E-state index in [-0.39, 0.29) is 39.8 Å². The maximum Gasteiger partial charge on any atom is 0.247 e. The van der Waals surface area contributed by atoms with Crippen LogP contribution in [0.4, 0.5) is 8.78 Å². The fourth-order valence-electron chi connectivity index (χ4n) is 7.54. The molecule has 1 aromatic carbocycles. The molecule has 0 radical (unpaired) electrons. The predicted octanol–water partition coefficient (Wildman–Crippen LogP) is 5.76. The summed E-state index contributed by atoms with van der Waals surface area (Å²) in [6.45, 7) is 8.36. The van der Waals surface area contributed by atoms with E-state index in [1.54, 1.807) is 12.4 Å². The maximum absolute atomic E-state index is 14.6. The van der Waals surface area contributed by atoms with Gasteiger partial charge < -0.3 is 9.52 Å². The van der Waals surface area contributed by atoms with E-state index >= 15 is 0 Å². The molecule has 1 N–H and O–H groups in total. The first kappa shape index (κ1) is 23.5. The Morgan fingerprint density at radius 3 is 2.53 bits per heavy atom. The first-order chi connectivity index (χ1) is 18.1. The Labute approximate surface area is 218 Å². The van der Waals surface area contributed by atoms with Crippen molar-refractivity contribution in [1.29, 1.82) is 0 Å². The zero-order valence-electron chi connectivity index (χ0n) is 21.5. The number of rotatable bonds is 5. The van der Waals surface area contributed by atoms with Gasteiger partial charge in [-0.25, -0.2) is 18.7 Å². The number of hydrogen-bond acceptors (Lipinski definition) is 7. The van der Waals surface area contributed by atoms with Crippen molar-refractivity contribution in [3.63, 3.8) is 0 Å². The number of oxazole rings is 1. The number of benzene rings is 1. The van der Waals surface area contributed by atoms with Gasteiger partial charge in [-0.2, -0.15) is 5.10 Å². The van der Waals surface area contributed by atoms with Gasteiger partial charge in [0.2, 0.25) is 5.89 Å². The Balaban J connectivity index is 1.35. The fraction of sp³-hybridized carbons (Fsp3) is 0.414. The van der Waals surface area contributed by atoms with Crippen LogP contribution in [0.25, 0.3) is 22.8 Å². The smallest absolute Gasteiger partial charge is 0.247 e. The van der Waals surface area contributed by atoms with Gasteiger partial charge in [0.25, 0.3) is 0 Å². The molecular weight excluding hydrogens is 488 g/mol. The van der Waals surface area contributed by atoms with Crippen LogP contribution in [0, 0.1) is 28.4 Å². The quantitative estimate of drug-likeness (QED) is 0.361. The first-order valence-electron chi connectivity index (χ1n) is 12.9. The van der Waals surface area contributed by atoms with E-state index in [2.05, 4.69) is 34.0 Å². The standard InChI is InChI=1S/C29H27F2N5O2/c1-14(2)24(37)21-12-38-26(34-21)20-10-32-11-22(33-20)29-13-27(3)9-16(28(27,29)4)15-8-19(35-36-25(15)29)23-17(30)6-5-7-18(23)31/h5-8,10-12,14,16,24,37H,9,13H2,1-4H3/t16-,24+,27?,28?,29-/m0/s1. The minimum absolute atomic E-state index is 0.0105. The molecule has 3 aliphatic rings. The van der Waals surface area contributed by atoms with Crippen molar-refractivity contribution in [2.24, 2.45) is 16.7 Å². The average Bonchev–Trinajstić information content (AvgIpc) is 3.40. The lowest BCUT2D eigenvalue weighted by Crippen LogP contribution is -2.72. The molecule has 0 bridgehead atoms. The Bertz CT molecular complexity index is 1600. The Morgan fingerprint density at radius 2 is 1.82 bits per heavy atom. The zero-order valence-corrected chi connectivity index (χ0v) is 21.5. The van der Waals surface area contributed by atoms with E-state index < -0.39 is 23.2 Å². The summed E-state index contributed by atoms with van der Waals surface area (Å²) >= 11 is 0. The summed E-state index contributed by atoms with van der Waals surface area (Å²) in [5, 5.41) is 19.3. The number of fused-ring (bicyclic) bond motifs is 3. The molecule has 5 atom stereocenters. The van der Waals surface area contributed by atoms with Gasteiger partial charge in [-0.05, 0) is 59.3 Å². The summed E-state index contributed by atoms with van der Waals surface area (Å²) in [4.78, 5) is 13.9. The molecule has 3 aromatic heterocycles. The molecular formula is C29H27F2N5O2. The minimum atomic E-state index is -0.741. The van der Waals surface area contributed by atoms with E-state index in [0.717, 1.165) is 29.8 Å². The van der Waals surface area contributed by atoms with E-state index in [1.807, 2.05) is 19.9 Å². The van der Waals surface area contributed by atoms with Crippen molar-refractivity contribution >= 4 is 0 Å². The molecule has 0 spiro atoms. The molecule has 194 valence electrons. The summed E-state index contributed by atoms with van der Waals surface area (Å²) < 4.78 is 34.8. The zero-order chi connectivity index (χ0) is 26.6. The third kappa shape index (κ3) is 2.67. The van der Waals surface area contributed by atoms with Crippen LogP contribution < -0.4 is 0 Å². The Morgan fingerprint density at radius 1 is 1.05 bits per heavy atom. The number of aromatic nitrogens is 5. The van der Waals surface area contributed by atoms with E-state index in [4.69, 9.17) is 9.40 Å². The monoisotopic (exact) mass is 515 g/mol. The molecule has 7 rings (SSSR count). The van der Waals surface area contributed by atoms with E-state index in [9.17, 15) is 13.9 Å². The second-order valence-corrected chi connectivity index (χ2v) is 11.8. The highest BCUT2D eigenvalue weighted by molar-refractivity contribution is 5.66. The van der Waals surface area contributed by atoms with Gasteiger partial charge >= 0.3 is 0 Å². The highest BCUT2D eigenvalue weighted by Crippen LogP contribution is 2.88. The fourth-order valence-corrected chi connectivity index (χ4v) is 7.54. The second-order valence-electron chi connectivity index (χ2n) is 11.8. The molecule has 2 saturated carbocycles. The van der Waals surface area contributed by atoms with Crippen LogP contribution in [-0.2, 0) is 5.41 Å². The lowest BCUT2D eigenvalue weighted by molar-refractivity contribution is -0.220. The van der Waals surface area contributed by atoms with Gasteiger partial charge in [0.15, 0.2) is 0 Å². The van der Waals surface area contributed by atoms with Gasteiger partial charge in [0.1, 0.15) is 35.4 Å². The number of nitrogens with zero attached hydrogens (tertiary/aromatic N) is 5. The van der Waals surface area contributed by atoms with Crippen LogP contribution in [0.15, 0.2) is 47.3 Å². The van der Waals surface area contributed by atoms with Crippen LogP contribution in [0.5, 0.6) is 0 Å². The highest BCUT2D eigenvalue weighted by Gasteiger charge is 2.84. The van der Waals surface area contributed by atoms with Gasteiger partial charge in [-0.3, -0.25) is 4.98 Å². The molecule has 7 nitrogen and oxygen atoms in total. The lowest BCUT2D eigenvalue weighted by atomic mass is 9.27. The molecule has 2 fully saturated rings. The first-order valence-corrected chi connectivity index (χ1v) is 12.9. The SMILES string of the molecule is CC(C)[C@@H](O)c1coc(-c2cncc([C@@]34CC5(C)C[C@@H](c6cc(-c7c(F)cccc7F)nnc63)C54C)n2)n1. The number of aliphatic hydroxyl groups is 1. The maximum atomic E-state index is 14.6. The number of hydrogen-bond donors (Lipinski definition) is 1. The topological polar surface area (TPSA) is 97.8 Å². The molecule has 4 aromatic rings. The molecule has 38 heavy (non-hydrogen) atoms. The van der Waals surface area contributed by atoms with Crippen molar-refractivity contribution in [3.8, 4) is 22.8 Å². The molecule has 0 saturated heterocycles. The summed E-state index contributed by atoms with van der Waals surface area (Å²) in [5.41, 5.74) is 2.85. The molecule has 0 amide bonds. The Hall–Kier alpha value is -3.59. The van der Waals surface area contributed by atoms with Gasteiger partial charge in [0.05, 0.1) is 34.3 Å². The van der Waals surface area contributed by atoms with Crippen LogP contribution in [0.1, 0.15) is 75.2 Å². The van der Waals surface area contributed by atoms with Crippen molar-refractivity contribution < 1.29 is 18.3 Å². The molecule has 3 aliphatic carbocycles. The molecule has 2 unspecified atom stereocenters. The van der Waals surface area contributed by atoms with Gasteiger partial charge in [0, 0.05) is 6.20 Å². The van der Waals surface area contributed by atoms with Crippen LogP contribution >= 0.6 is 0 Å². The van der Waals surface area contributed by atoms with E-state index in [1.165, 1.54) is 24.5 Å². The normalized spacial score (nSPS) is 29.4. The van der Waals surface area contributed by atoms with Crippen LogP contribution in [-0.4, -0.2) is 30.3 Å². The molecule has 9 heteroatoms. The summed E-state index contributed by atoms with van der Waals surface area (Å²) in [6.07, 6.45) is 5.86. The minimum Gasteiger partial charge on any atom is -0.443 e.